The van der Waals surface area contributed by atoms with Crippen molar-refractivity contribution in [3.05, 3.63) is 64.2 Å². The van der Waals surface area contributed by atoms with Crippen LogP contribution in [0, 0.1) is 19.7 Å². The second kappa shape index (κ2) is 8.79. The molecule has 0 fully saturated rings. The Morgan fingerprint density at radius 1 is 1.18 bits per heavy atom. The number of carbonyl (C=O) groups is 1. The number of carbonyl (C=O) groups excluding carboxylic acids is 1. The van der Waals surface area contributed by atoms with Crippen LogP contribution >= 0.6 is 11.6 Å². The quantitative estimate of drug-likeness (QED) is 0.593. The number of nitrogens with one attached hydrogen (secondary N) is 2. The van der Waals surface area contributed by atoms with Gasteiger partial charge in [0.1, 0.15) is 11.6 Å². The van der Waals surface area contributed by atoms with Gasteiger partial charge in [-0.15, -0.1) is 10.2 Å². The molecule has 2 heterocycles. The van der Waals surface area contributed by atoms with Gasteiger partial charge in [0, 0.05) is 29.4 Å². The molecule has 28 heavy (non-hydrogen) atoms. The molecular formula is C19H20ClFN6O. The molecule has 0 saturated heterocycles. The summed E-state index contributed by atoms with van der Waals surface area (Å²) in [6.45, 7) is 4.67. The Morgan fingerprint density at radius 3 is 2.64 bits per heavy atom. The fourth-order valence-electron chi connectivity index (χ4n) is 2.71. The Hall–Kier alpha value is -3.00. The molecule has 3 aromatic rings. The number of hydrogen-bond donors (Lipinski definition) is 2. The summed E-state index contributed by atoms with van der Waals surface area (Å²) >= 11 is 5.93. The van der Waals surface area contributed by atoms with E-state index in [1.807, 2.05) is 26.0 Å². The van der Waals surface area contributed by atoms with Crippen molar-refractivity contribution in [2.45, 2.75) is 20.3 Å². The van der Waals surface area contributed by atoms with Crippen molar-refractivity contribution in [3.8, 4) is 5.82 Å². The van der Waals surface area contributed by atoms with Crippen molar-refractivity contribution in [1.82, 2.24) is 25.3 Å². The Bertz CT molecular complexity index is 953. The van der Waals surface area contributed by atoms with E-state index in [-0.39, 0.29) is 22.9 Å². The van der Waals surface area contributed by atoms with Gasteiger partial charge in [-0.05, 0) is 44.2 Å². The van der Waals surface area contributed by atoms with Crippen molar-refractivity contribution >= 4 is 23.3 Å². The minimum atomic E-state index is -0.487. The largest absolute Gasteiger partial charge is 0.367 e. The van der Waals surface area contributed by atoms with Crippen LogP contribution in [0.15, 0.2) is 36.4 Å². The van der Waals surface area contributed by atoms with Crippen LogP contribution in [-0.2, 0) is 11.2 Å². The van der Waals surface area contributed by atoms with Gasteiger partial charge in [0.2, 0.25) is 5.91 Å². The first-order chi connectivity index (χ1) is 13.4. The van der Waals surface area contributed by atoms with E-state index in [0.29, 0.717) is 24.7 Å². The molecule has 1 aromatic carbocycles. The molecule has 9 heteroatoms. The molecule has 7 nitrogen and oxygen atoms in total. The summed E-state index contributed by atoms with van der Waals surface area (Å²) in [5.41, 5.74) is 2.08. The standard InChI is InChI=1S/C19H20ClFN6O/c1-12-10-13(2)27(26-12)18-7-6-17(24-25-18)22-8-9-23-19(28)11-14-15(20)4-3-5-16(14)21/h3-7,10H,8-9,11H2,1-2H3,(H,22,24)(H,23,28). The molecule has 0 atom stereocenters. The lowest BCUT2D eigenvalue weighted by Gasteiger charge is -2.09. The first-order valence-corrected chi connectivity index (χ1v) is 9.12. The van der Waals surface area contributed by atoms with Crippen LogP contribution in [0.25, 0.3) is 5.82 Å². The summed E-state index contributed by atoms with van der Waals surface area (Å²) in [4.78, 5) is 12.0. The lowest BCUT2D eigenvalue weighted by atomic mass is 10.1. The number of nitrogens with zero attached hydrogens (tertiary/aromatic N) is 4. The maximum atomic E-state index is 13.7. The second-order valence-electron chi connectivity index (χ2n) is 6.27. The monoisotopic (exact) mass is 402 g/mol. The number of halogens is 2. The molecule has 1 amide bonds. The van der Waals surface area contributed by atoms with Crippen LogP contribution in [0.4, 0.5) is 10.2 Å². The number of amides is 1. The molecule has 2 aromatic heterocycles. The molecule has 0 bridgehead atoms. The van der Waals surface area contributed by atoms with Crippen LogP contribution in [0.1, 0.15) is 17.0 Å². The van der Waals surface area contributed by atoms with Gasteiger partial charge in [0.25, 0.3) is 0 Å². The zero-order chi connectivity index (χ0) is 20.1. The normalized spacial score (nSPS) is 10.7. The van der Waals surface area contributed by atoms with Gasteiger partial charge in [0.05, 0.1) is 12.1 Å². The number of benzene rings is 1. The third-order valence-corrected chi connectivity index (χ3v) is 4.38. The van der Waals surface area contributed by atoms with Crippen molar-refractivity contribution < 1.29 is 9.18 Å². The summed E-state index contributed by atoms with van der Waals surface area (Å²) in [5, 5.41) is 18.7. The first-order valence-electron chi connectivity index (χ1n) is 8.75. The van der Waals surface area contributed by atoms with Gasteiger partial charge in [0.15, 0.2) is 5.82 Å². The van der Waals surface area contributed by atoms with Crippen LogP contribution in [0.2, 0.25) is 5.02 Å². The molecule has 0 saturated carbocycles. The van der Waals surface area contributed by atoms with Crippen LogP contribution < -0.4 is 10.6 Å². The van der Waals surface area contributed by atoms with Crippen LogP contribution in [-0.4, -0.2) is 39.0 Å². The SMILES string of the molecule is Cc1cc(C)n(-c2ccc(NCCNC(=O)Cc3c(F)cccc3Cl)nn2)n1. The number of aryl methyl sites for hydroxylation is 2. The minimum absolute atomic E-state index is 0.108. The summed E-state index contributed by atoms with van der Waals surface area (Å²) in [6.07, 6.45) is -0.108. The summed E-state index contributed by atoms with van der Waals surface area (Å²) < 4.78 is 15.4. The van der Waals surface area contributed by atoms with Crippen molar-refractivity contribution in [1.29, 1.82) is 0 Å². The molecule has 146 valence electrons. The number of hydrogen-bond acceptors (Lipinski definition) is 5. The maximum absolute atomic E-state index is 13.7. The molecule has 0 aliphatic carbocycles. The van der Waals surface area contributed by atoms with E-state index in [1.165, 1.54) is 12.1 Å². The number of aromatic nitrogens is 4. The lowest BCUT2D eigenvalue weighted by Crippen LogP contribution is -2.30. The van der Waals surface area contributed by atoms with Crippen molar-refractivity contribution in [3.63, 3.8) is 0 Å². The van der Waals surface area contributed by atoms with E-state index in [9.17, 15) is 9.18 Å². The number of rotatable bonds is 7. The van der Waals surface area contributed by atoms with Gasteiger partial charge in [-0.1, -0.05) is 17.7 Å². The Kier molecular flexibility index (Phi) is 6.20. The summed E-state index contributed by atoms with van der Waals surface area (Å²) in [5.74, 6) is 0.418. The highest BCUT2D eigenvalue weighted by molar-refractivity contribution is 6.31. The fraction of sp³-hybridized carbons (Fsp3) is 0.263. The molecule has 0 aliphatic rings. The van der Waals surface area contributed by atoms with Crippen LogP contribution in [0.3, 0.4) is 0 Å². The average Bonchev–Trinajstić information content (AvgIpc) is 3.01. The van der Waals surface area contributed by atoms with Gasteiger partial charge < -0.3 is 10.6 Å². The van der Waals surface area contributed by atoms with Crippen LogP contribution in [0.5, 0.6) is 0 Å². The molecular weight excluding hydrogens is 383 g/mol. The highest BCUT2D eigenvalue weighted by Crippen LogP contribution is 2.19. The minimum Gasteiger partial charge on any atom is -0.367 e. The Morgan fingerprint density at radius 2 is 2.00 bits per heavy atom. The smallest absolute Gasteiger partial charge is 0.224 e. The molecule has 0 aliphatic heterocycles. The highest BCUT2D eigenvalue weighted by Gasteiger charge is 2.11. The fourth-order valence-corrected chi connectivity index (χ4v) is 2.94. The predicted molar refractivity (Wildman–Crippen MR) is 105 cm³/mol. The summed E-state index contributed by atoms with van der Waals surface area (Å²) in [7, 11) is 0. The van der Waals surface area contributed by atoms with Gasteiger partial charge in [-0.25, -0.2) is 9.07 Å². The van der Waals surface area contributed by atoms with E-state index in [0.717, 1.165) is 11.4 Å². The predicted octanol–water partition coefficient (Wildman–Crippen LogP) is 2.84. The topological polar surface area (TPSA) is 84.7 Å². The zero-order valence-electron chi connectivity index (χ0n) is 15.5. The molecule has 3 rings (SSSR count). The van der Waals surface area contributed by atoms with Gasteiger partial charge in [-0.2, -0.15) is 5.10 Å². The van der Waals surface area contributed by atoms with E-state index >= 15 is 0 Å². The number of anilines is 1. The maximum Gasteiger partial charge on any atom is 0.224 e. The third-order valence-electron chi connectivity index (χ3n) is 4.03. The Labute approximate surface area is 166 Å². The molecule has 0 radical (unpaired) electrons. The third kappa shape index (κ3) is 4.83. The zero-order valence-corrected chi connectivity index (χ0v) is 16.3. The van der Waals surface area contributed by atoms with E-state index in [1.54, 1.807) is 16.8 Å². The van der Waals surface area contributed by atoms with Crippen molar-refractivity contribution in [2.75, 3.05) is 18.4 Å². The molecule has 2 N–H and O–H groups in total. The van der Waals surface area contributed by atoms with E-state index in [4.69, 9.17) is 11.6 Å². The molecule has 0 unspecified atom stereocenters. The van der Waals surface area contributed by atoms with Crippen molar-refractivity contribution in [2.24, 2.45) is 0 Å². The Balaban J connectivity index is 1.46. The lowest BCUT2D eigenvalue weighted by molar-refractivity contribution is -0.120. The average molecular weight is 403 g/mol. The van der Waals surface area contributed by atoms with Gasteiger partial charge >= 0.3 is 0 Å². The highest BCUT2D eigenvalue weighted by atomic mass is 35.5. The second-order valence-corrected chi connectivity index (χ2v) is 6.68. The first kappa shape index (κ1) is 19.8. The van der Waals surface area contributed by atoms with E-state index < -0.39 is 5.82 Å². The molecule has 0 spiro atoms. The van der Waals surface area contributed by atoms with E-state index in [2.05, 4.69) is 25.9 Å². The van der Waals surface area contributed by atoms with Gasteiger partial charge in [-0.3, -0.25) is 4.79 Å². The summed E-state index contributed by atoms with van der Waals surface area (Å²) in [6, 6.07) is 9.91.